The van der Waals surface area contributed by atoms with Crippen molar-refractivity contribution in [1.29, 1.82) is 0 Å². The molecule has 1 rings (SSSR count). The summed E-state index contributed by atoms with van der Waals surface area (Å²) in [6.45, 7) is 2.80. The molecule has 0 spiro atoms. The van der Waals surface area contributed by atoms with Gasteiger partial charge in [-0.15, -0.1) is 0 Å². The summed E-state index contributed by atoms with van der Waals surface area (Å²) in [5, 5.41) is 12.2. The number of aliphatic hydroxyl groups excluding tert-OH is 1. The predicted octanol–water partition coefficient (Wildman–Crippen LogP) is 1.35. The van der Waals surface area contributed by atoms with E-state index in [1.165, 1.54) is 0 Å². The van der Waals surface area contributed by atoms with Gasteiger partial charge in [0.2, 0.25) is 0 Å². The standard InChI is InChI=1S/C14H23NO3S/c1-2-9-15-14(8-10-16)12-19(17,18)11-13-6-4-3-5-7-13/h3-7,14-16H,2,8-12H2,1H3. The highest BCUT2D eigenvalue weighted by molar-refractivity contribution is 7.90. The monoisotopic (exact) mass is 285 g/mol. The Kier molecular flexibility index (Phi) is 7.05. The third-order valence-corrected chi connectivity index (χ3v) is 4.53. The zero-order valence-electron chi connectivity index (χ0n) is 11.4. The Morgan fingerprint density at radius 1 is 1.26 bits per heavy atom. The molecule has 1 aromatic rings. The van der Waals surface area contributed by atoms with Crippen molar-refractivity contribution in [2.24, 2.45) is 0 Å². The van der Waals surface area contributed by atoms with Gasteiger partial charge in [0.05, 0.1) is 11.5 Å². The van der Waals surface area contributed by atoms with Crippen LogP contribution in [-0.2, 0) is 15.6 Å². The van der Waals surface area contributed by atoms with Crippen molar-refractivity contribution < 1.29 is 13.5 Å². The van der Waals surface area contributed by atoms with Gasteiger partial charge >= 0.3 is 0 Å². The molecule has 0 bridgehead atoms. The minimum Gasteiger partial charge on any atom is -0.396 e. The molecule has 0 heterocycles. The van der Waals surface area contributed by atoms with E-state index in [2.05, 4.69) is 5.32 Å². The number of sulfone groups is 1. The lowest BCUT2D eigenvalue weighted by atomic mass is 10.2. The second kappa shape index (κ2) is 8.30. The van der Waals surface area contributed by atoms with Crippen molar-refractivity contribution in [2.75, 3.05) is 18.9 Å². The van der Waals surface area contributed by atoms with Crippen LogP contribution in [-0.4, -0.2) is 38.5 Å². The van der Waals surface area contributed by atoms with E-state index in [-0.39, 0.29) is 24.2 Å². The largest absolute Gasteiger partial charge is 0.396 e. The van der Waals surface area contributed by atoms with Gasteiger partial charge in [-0.05, 0) is 24.9 Å². The van der Waals surface area contributed by atoms with Crippen LogP contribution in [0.5, 0.6) is 0 Å². The van der Waals surface area contributed by atoms with E-state index in [4.69, 9.17) is 5.11 Å². The summed E-state index contributed by atoms with van der Waals surface area (Å²) < 4.78 is 24.3. The third kappa shape index (κ3) is 6.71. The van der Waals surface area contributed by atoms with E-state index in [1.54, 1.807) is 0 Å². The van der Waals surface area contributed by atoms with Gasteiger partial charge in [-0.2, -0.15) is 0 Å². The van der Waals surface area contributed by atoms with Crippen molar-refractivity contribution >= 4 is 9.84 Å². The quantitative estimate of drug-likeness (QED) is 0.719. The summed E-state index contributed by atoms with van der Waals surface area (Å²) >= 11 is 0. The Bertz CT molecular complexity index is 445. The van der Waals surface area contributed by atoms with Crippen LogP contribution in [0.1, 0.15) is 25.3 Å². The maximum atomic E-state index is 12.1. The molecule has 2 N–H and O–H groups in total. The number of benzene rings is 1. The maximum absolute atomic E-state index is 12.1. The van der Waals surface area contributed by atoms with Crippen LogP contribution in [0, 0.1) is 0 Å². The molecule has 0 saturated heterocycles. The lowest BCUT2D eigenvalue weighted by molar-refractivity contribution is 0.269. The molecular weight excluding hydrogens is 262 g/mol. The molecule has 108 valence electrons. The molecule has 0 aliphatic heterocycles. The molecule has 1 unspecified atom stereocenters. The molecule has 0 saturated carbocycles. The van der Waals surface area contributed by atoms with Gasteiger partial charge in [-0.3, -0.25) is 0 Å². The summed E-state index contributed by atoms with van der Waals surface area (Å²) in [7, 11) is -3.16. The van der Waals surface area contributed by atoms with Crippen LogP contribution >= 0.6 is 0 Å². The predicted molar refractivity (Wildman–Crippen MR) is 77.7 cm³/mol. The first-order valence-electron chi connectivity index (χ1n) is 6.66. The highest BCUT2D eigenvalue weighted by atomic mass is 32.2. The van der Waals surface area contributed by atoms with Gasteiger partial charge in [-0.25, -0.2) is 8.42 Å². The smallest absolute Gasteiger partial charge is 0.155 e. The van der Waals surface area contributed by atoms with Gasteiger partial charge < -0.3 is 10.4 Å². The van der Waals surface area contributed by atoms with Gasteiger partial charge in [0.25, 0.3) is 0 Å². The van der Waals surface area contributed by atoms with Crippen LogP contribution in [0.25, 0.3) is 0 Å². The summed E-state index contributed by atoms with van der Waals surface area (Å²) in [6, 6.07) is 9.01. The summed E-state index contributed by atoms with van der Waals surface area (Å²) in [5.74, 6) is 0.131. The SMILES string of the molecule is CCCNC(CCO)CS(=O)(=O)Cc1ccccc1. The number of hydrogen-bond acceptors (Lipinski definition) is 4. The molecule has 0 fully saturated rings. The first kappa shape index (κ1) is 16.1. The first-order chi connectivity index (χ1) is 9.07. The number of hydrogen-bond donors (Lipinski definition) is 2. The number of aliphatic hydroxyl groups is 1. The minimum absolute atomic E-state index is 0.00222. The van der Waals surface area contributed by atoms with E-state index in [0.717, 1.165) is 18.5 Å². The molecule has 0 amide bonds. The fourth-order valence-corrected chi connectivity index (χ4v) is 3.66. The summed E-state index contributed by atoms with van der Waals surface area (Å²) in [6.07, 6.45) is 1.41. The van der Waals surface area contributed by atoms with Gasteiger partial charge in [0, 0.05) is 12.6 Å². The van der Waals surface area contributed by atoms with Gasteiger partial charge in [-0.1, -0.05) is 37.3 Å². The molecular formula is C14H23NO3S. The Morgan fingerprint density at radius 2 is 1.95 bits per heavy atom. The molecule has 0 aliphatic carbocycles. The van der Waals surface area contributed by atoms with E-state index in [1.807, 2.05) is 37.3 Å². The third-order valence-electron chi connectivity index (χ3n) is 2.85. The Hall–Kier alpha value is -0.910. The van der Waals surface area contributed by atoms with E-state index < -0.39 is 9.84 Å². The first-order valence-corrected chi connectivity index (χ1v) is 8.48. The average molecular weight is 285 g/mol. The average Bonchev–Trinajstić information content (AvgIpc) is 2.36. The zero-order chi connectivity index (χ0) is 14.1. The van der Waals surface area contributed by atoms with Crippen molar-refractivity contribution in [3.8, 4) is 0 Å². The molecule has 0 aliphatic rings. The molecule has 0 radical (unpaired) electrons. The lowest BCUT2D eigenvalue weighted by Crippen LogP contribution is -2.37. The van der Waals surface area contributed by atoms with Crippen molar-refractivity contribution in [3.63, 3.8) is 0 Å². The van der Waals surface area contributed by atoms with Crippen LogP contribution in [0.3, 0.4) is 0 Å². The van der Waals surface area contributed by atoms with Gasteiger partial charge in [0.1, 0.15) is 0 Å². The minimum atomic E-state index is -3.16. The van der Waals surface area contributed by atoms with Crippen LogP contribution in [0.4, 0.5) is 0 Å². The van der Waals surface area contributed by atoms with Crippen molar-refractivity contribution in [2.45, 2.75) is 31.6 Å². The van der Waals surface area contributed by atoms with Crippen LogP contribution < -0.4 is 5.32 Å². The van der Waals surface area contributed by atoms with E-state index in [0.29, 0.717) is 6.42 Å². The Balaban J connectivity index is 2.60. The highest BCUT2D eigenvalue weighted by Crippen LogP contribution is 2.08. The maximum Gasteiger partial charge on any atom is 0.155 e. The number of rotatable bonds is 9. The normalized spacial score (nSPS) is 13.4. The second-order valence-corrected chi connectivity index (χ2v) is 6.81. The lowest BCUT2D eigenvalue weighted by Gasteiger charge is -2.17. The molecule has 5 heteroatoms. The molecule has 0 aromatic heterocycles. The molecule has 1 aromatic carbocycles. The van der Waals surface area contributed by atoms with E-state index in [9.17, 15) is 8.42 Å². The summed E-state index contributed by atoms with van der Waals surface area (Å²) in [4.78, 5) is 0. The summed E-state index contributed by atoms with van der Waals surface area (Å²) in [5.41, 5.74) is 0.806. The van der Waals surface area contributed by atoms with Crippen LogP contribution in [0.15, 0.2) is 30.3 Å². The zero-order valence-corrected chi connectivity index (χ0v) is 12.2. The van der Waals surface area contributed by atoms with Gasteiger partial charge in [0.15, 0.2) is 9.84 Å². The topological polar surface area (TPSA) is 66.4 Å². The van der Waals surface area contributed by atoms with Crippen molar-refractivity contribution in [1.82, 2.24) is 5.32 Å². The fraction of sp³-hybridized carbons (Fsp3) is 0.571. The fourth-order valence-electron chi connectivity index (χ4n) is 1.94. The Labute approximate surface area is 115 Å². The molecule has 1 atom stereocenters. The van der Waals surface area contributed by atoms with E-state index >= 15 is 0 Å². The molecule has 19 heavy (non-hydrogen) atoms. The number of nitrogens with one attached hydrogen (secondary N) is 1. The van der Waals surface area contributed by atoms with Crippen molar-refractivity contribution in [3.05, 3.63) is 35.9 Å². The highest BCUT2D eigenvalue weighted by Gasteiger charge is 2.18. The Morgan fingerprint density at radius 3 is 2.53 bits per heavy atom. The second-order valence-electron chi connectivity index (χ2n) is 4.70. The molecule has 4 nitrogen and oxygen atoms in total. The van der Waals surface area contributed by atoms with Crippen LogP contribution in [0.2, 0.25) is 0 Å².